The highest BCUT2D eigenvalue weighted by atomic mass is 15.0. The maximum absolute atomic E-state index is 4.31. The zero-order valence-electron chi connectivity index (χ0n) is 16.6. The van der Waals surface area contributed by atoms with Crippen molar-refractivity contribution in [2.45, 2.75) is 46.1 Å². The van der Waals surface area contributed by atoms with Crippen molar-refractivity contribution in [1.82, 2.24) is 5.32 Å². The van der Waals surface area contributed by atoms with Gasteiger partial charge in [-0.25, -0.2) is 0 Å². The van der Waals surface area contributed by atoms with Crippen LogP contribution in [0.5, 0.6) is 0 Å². The van der Waals surface area contributed by atoms with E-state index >= 15 is 0 Å². The average Bonchev–Trinajstić information content (AvgIpc) is 2.59. The van der Waals surface area contributed by atoms with Gasteiger partial charge in [0.05, 0.1) is 5.54 Å². The van der Waals surface area contributed by atoms with Gasteiger partial charge in [-0.1, -0.05) is 55.7 Å². The van der Waals surface area contributed by atoms with E-state index in [1.54, 1.807) is 6.08 Å². The lowest BCUT2D eigenvalue weighted by Crippen LogP contribution is -2.47. The van der Waals surface area contributed by atoms with Crippen LogP contribution in [-0.4, -0.2) is 5.54 Å². The monoisotopic (exact) mass is 345 g/mol. The smallest absolute Gasteiger partial charge is 0.0555 e. The lowest BCUT2D eigenvalue weighted by molar-refractivity contribution is 0.332. The quantitative estimate of drug-likeness (QED) is 0.479. The van der Waals surface area contributed by atoms with Gasteiger partial charge in [0.2, 0.25) is 0 Å². The largest absolute Gasteiger partial charge is 0.379 e. The van der Waals surface area contributed by atoms with Crippen LogP contribution in [0.4, 0.5) is 0 Å². The first kappa shape index (κ1) is 19.8. The van der Waals surface area contributed by atoms with Gasteiger partial charge in [0.15, 0.2) is 0 Å². The summed E-state index contributed by atoms with van der Waals surface area (Å²) in [6.07, 6.45) is 14.3. The summed E-state index contributed by atoms with van der Waals surface area (Å²) in [6.45, 7) is 16.7. The van der Waals surface area contributed by atoms with Crippen molar-refractivity contribution >= 4 is 6.08 Å². The Balaban J connectivity index is 2.10. The molecule has 0 aliphatic carbocycles. The van der Waals surface area contributed by atoms with E-state index in [2.05, 4.69) is 88.3 Å². The minimum atomic E-state index is -0.0492. The summed E-state index contributed by atoms with van der Waals surface area (Å²) >= 11 is 0. The lowest BCUT2D eigenvalue weighted by Gasteiger charge is -2.41. The Hall–Kier alpha value is -2.50. The van der Waals surface area contributed by atoms with Crippen LogP contribution in [0.2, 0.25) is 0 Å². The Kier molecular flexibility index (Phi) is 6.66. The maximum Gasteiger partial charge on any atom is 0.0555 e. The molecule has 136 valence electrons. The molecule has 1 nitrogen and oxygen atoms in total. The summed E-state index contributed by atoms with van der Waals surface area (Å²) in [5, 5.41) is 3.66. The number of nitrogens with one attached hydrogen (secondary N) is 1. The Morgan fingerprint density at radius 2 is 1.96 bits per heavy atom. The van der Waals surface area contributed by atoms with Gasteiger partial charge in [-0.15, -0.1) is 5.73 Å². The van der Waals surface area contributed by atoms with Crippen LogP contribution in [0.15, 0.2) is 78.7 Å². The number of hydrogen-bond donors (Lipinski definition) is 1. The molecule has 2 atom stereocenters. The topological polar surface area (TPSA) is 12.0 Å². The molecule has 1 aromatic carbocycles. The van der Waals surface area contributed by atoms with Gasteiger partial charge in [0.1, 0.15) is 0 Å². The molecule has 0 radical (unpaired) electrons. The molecular formula is C25H31N. The van der Waals surface area contributed by atoms with E-state index in [-0.39, 0.29) is 5.54 Å². The second-order valence-electron chi connectivity index (χ2n) is 7.38. The third-order valence-electron chi connectivity index (χ3n) is 5.39. The first-order chi connectivity index (χ1) is 12.4. The predicted molar refractivity (Wildman–Crippen MR) is 115 cm³/mol. The van der Waals surface area contributed by atoms with E-state index in [0.29, 0.717) is 5.92 Å². The van der Waals surface area contributed by atoms with Gasteiger partial charge in [0.25, 0.3) is 0 Å². The fraction of sp³-hybridized carbons (Fsp3) is 0.320. The molecule has 1 N–H and O–H groups in total. The number of hydrogen-bond acceptors (Lipinski definition) is 1. The Bertz CT molecular complexity index is 779. The van der Waals surface area contributed by atoms with Gasteiger partial charge in [0, 0.05) is 11.6 Å². The minimum absolute atomic E-state index is 0.0492. The molecule has 0 bridgehead atoms. The Labute approximate surface area is 159 Å². The van der Waals surface area contributed by atoms with Gasteiger partial charge in [-0.05, 0) is 75.0 Å². The van der Waals surface area contributed by atoms with Crippen molar-refractivity contribution in [2.24, 2.45) is 5.92 Å². The van der Waals surface area contributed by atoms with Gasteiger partial charge < -0.3 is 5.32 Å². The van der Waals surface area contributed by atoms with Crippen LogP contribution in [0.3, 0.4) is 0 Å². The summed E-state index contributed by atoms with van der Waals surface area (Å²) in [7, 11) is 0. The van der Waals surface area contributed by atoms with Crippen LogP contribution in [0.25, 0.3) is 6.08 Å². The summed E-state index contributed by atoms with van der Waals surface area (Å²) in [5.74, 6) is 0.367. The van der Waals surface area contributed by atoms with Crippen LogP contribution in [0.1, 0.15) is 43.4 Å². The van der Waals surface area contributed by atoms with Crippen LogP contribution in [0, 0.1) is 19.8 Å². The van der Waals surface area contributed by atoms with Gasteiger partial charge in [-0.3, -0.25) is 0 Å². The predicted octanol–water partition coefficient (Wildman–Crippen LogP) is 6.43. The normalized spacial score (nSPS) is 23.3. The van der Waals surface area contributed by atoms with Gasteiger partial charge >= 0.3 is 0 Å². The number of allylic oxidation sites excluding steroid dienone is 4. The van der Waals surface area contributed by atoms with Crippen LogP contribution >= 0.6 is 0 Å². The summed E-state index contributed by atoms with van der Waals surface area (Å²) in [4.78, 5) is 0. The molecule has 0 spiro atoms. The highest BCUT2D eigenvalue weighted by molar-refractivity contribution is 5.58. The van der Waals surface area contributed by atoms with E-state index in [0.717, 1.165) is 18.5 Å². The van der Waals surface area contributed by atoms with Crippen molar-refractivity contribution in [3.8, 4) is 0 Å². The third kappa shape index (κ3) is 4.77. The van der Waals surface area contributed by atoms with Crippen LogP contribution in [-0.2, 0) is 0 Å². The molecule has 0 amide bonds. The highest BCUT2D eigenvalue weighted by Gasteiger charge is 2.32. The molecule has 1 heterocycles. The third-order valence-corrected chi connectivity index (χ3v) is 5.39. The molecule has 1 unspecified atom stereocenters. The van der Waals surface area contributed by atoms with E-state index in [1.165, 1.54) is 22.3 Å². The fourth-order valence-corrected chi connectivity index (χ4v) is 3.42. The summed E-state index contributed by atoms with van der Waals surface area (Å²) in [6, 6.07) is 6.45. The molecule has 0 aromatic heterocycles. The van der Waals surface area contributed by atoms with Crippen molar-refractivity contribution in [1.29, 1.82) is 0 Å². The van der Waals surface area contributed by atoms with Crippen molar-refractivity contribution in [3.63, 3.8) is 0 Å². The zero-order chi connectivity index (χ0) is 19.2. The zero-order valence-corrected chi connectivity index (χ0v) is 16.6. The number of rotatable bonds is 5. The van der Waals surface area contributed by atoms with E-state index < -0.39 is 0 Å². The summed E-state index contributed by atoms with van der Waals surface area (Å²) in [5.41, 5.74) is 9.38. The number of piperidine rings is 1. The van der Waals surface area contributed by atoms with E-state index in [1.807, 2.05) is 12.2 Å². The first-order valence-electron chi connectivity index (χ1n) is 9.29. The molecule has 1 saturated heterocycles. The van der Waals surface area contributed by atoms with Crippen molar-refractivity contribution < 1.29 is 0 Å². The van der Waals surface area contributed by atoms with Crippen LogP contribution < -0.4 is 5.32 Å². The Morgan fingerprint density at radius 1 is 1.27 bits per heavy atom. The van der Waals surface area contributed by atoms with Gasteiger partial charge in [-0.2, -0.15) is 0 Å². The molecule has 1 heteroatoms. The molecule has 1 aliphatic heterocycles. The first-order valence-corrected chi connectivity index (χ1v) is 9.29. The molecular weight excluding hydrogens is 314 g/mol. The van der Waals surface area contributed by atoms with E-state index in [9.17, 15) is 0 Å². The van der Waals surface area contributed by atoms with Crippen molar-refractivity contribution in [3.05, 3.63) is 95.4 Å². The molecule has 1 fully saturated rings. The molecule has 26 heavy (non-hydrogen) atoms. The lowest BCUT2D eigenvalue weighted by atomic mass is 9.79. The fourth-order valence-electron chi connectivity index (χ4n) is 3.42. The molecule has 1 aromatic rings. The molecule has 1 aliphatic rings. The second-order valence-corrected chi connectivity index (χ2v) is 7.38. The number of benzene rings is 1. The molecule has 2 rings (SSSR count). The SMILES string of the molecule is C=CC=C=C/C=C(\C)[C@]1(C)CCC(/C=C\c2c(C)cccc2C)C(=C)N1. The second kappa shape index (κ2) is 8.74. The minimum Gasteiger partial charge on any atom is -0.379 e. The highest BCUT2D eigenvalue weighted by Crippen LogP contribution is 2.34. The average molecular weight is 346 g/mol. The number of aryl methyl sites for hydroxylation is 2. The maximum atomic E-state index is 4.31. The Morgan fingerprint density at radius 3 is 2.58 bits per heavy atom. The molecule has 0 saturated carbocycles. The van der Waals surface area contributed by atoms with E-state index in [4.69, 9.17) is 0 Å². The summed E-state index contributed by atoms with van der Waals surface area (Å²) < 4.78 is 0. The van der Waals surface area contributed by atoms with Crippen molar-refractivity contribution in [2.75, 3.05) is 0 Å². The standard InChI is InChI=1S/C25H31N/c1-7-8-9-10-14-21(4)25(6)18-17-23(22(5)26-25)15-16-24-19(2)12-11-13-20(24)3/h7-8,10-16,23,26H,1,5,17-18H2,2-4,6H3/b16-15-,21-14+/t9?,23?,25-/m0/s1.